The standard InChI is InChI=1S/C27H44N2O3S2/c1-3-5-6-7-8-9-10-11-12-13-14-15-16-17-18-19-20-21-26(30)28-22-24-33-34-25-23-29-27(31)32-4-2/h5-6,8-9,11-12,14-15,17-18H,3-4,7,10,13,16,19-25H2,1-2H3,(H,28,30)(H,29,31)/b6-5-,9-8-,12-11-,15-14-,18-17-. The molecule has 0 aromatic rings. The molecule has 5 nitrogen and oxygen atoms in total. The zero-order valence-corrected chi connectivity index (χ0v) is 22.6. The summed E-state index contributed by atoms with van der Waals surface area (Å²) < 4.78 is 4.78. The number of nitrogens with one attached hydrogen (secondary N) is 2. The highest BCUT2D eigenvalue weighted by Gasteiger charge is 2.01. The molecule has 0 unspecified atom stereocenters. The highest BCUT2D eigenvalue weighted by molar-refractivity contribution is 8.76. The number of carbonyl (C=O) groups excluding carboxylic acids is 2. The van der Waals surface area contributed by atoms with E-state index >= 15 is 0 Å². The van der Waals surface area contributed by atoms with Gasteiger partial charge in [-0.2, -0.15) is 0 Å². The highest BCUT2D eigenvalue weighted by atomic mass is 33.1. The summed E-state index contributed by atoms with van der Waals surface area (Å²) in [5.41, 5.74) is 0. The number of allylic oxidation sites excluding steroid dienone is 10. The molecule has 0 aliphatic heterocycles. The van der Waals surface area contributed by atoms with E-state index in [0.29, 0.717) is 26.1 Å². The fourth-order valence-corrected chi connectivity index (χ4v) is 4.38. The maximum Gasteiger partial charge on any atom is 0.407 e. The van der Waals surface area contributed by atoms with E-state index in [1.807, 2.05) is 0 Å². The number of hydrogen-bond donors (Lipinski definition) is 2. The number of amides is 2. The topological polar surface area (TPSA) is 67.4 Å². The van der Waals surface area contributed by atoms with Gasteiger partial charge in [0.25, 0.3) is 0 Å². The summed E-state index contributed by atoms with van der Waals surface area (Å²) in [6, 6.07) is 0. The summed E-state index contributed by atoms with van der Waals surface area (Å²) in [4.78, 5) is 22.9. The summed E-state index contributed by atoms with van der Waals surface area (Å²) in [7, 11) is 3.37. The largest absolute Gasteiger partial charge is 0.450 e. The molecule has 0 radical (unpaired) electrons. The van der Waals surface area contributed by atoms with Crippen molar-refractivity contribution < 1.29 is 14.3 Å². The third kappa shape index (κ3) is 26.4. The van der Waals surface area contributed by atoms with Gasteiger partial charge in [-0.15, -0.1) is 0 Å². The second kappa shape index (κ2) is 27.4. The number of rotatable bonds is 21. The molecule has 0 aliphatic carbocycles. The van der Waals surface area contributed by atoms with E-state index in [9.17, 15) is 9.59 Å². The van der Waals surface area contributed by atoms with Crippen LogP contribution in [0, 0.1) is 0 Å². The second-order valence-electron chi connectivity index (χ2n) is 7.24. The molecule has 0 fully saturated rings. The molecule has 0 spiro atoms. The van der Waals surface area contributed by atoms with Gasteiger partial charge in [0.15, 0.2) is 0 Å². The number of ether oxygens (including phenoxy) is 1. The Hall–Kier alpha value is -1.86. The normalized spacial score (nSPS) is 12.1. The smallest absolute Gasteiger partial charge is 0.407 e. The number of alkyl carbamates (subject to hydrolysis) is 1. The van der Waals surface area contributed by atoms with Crippen LogP contribution < -0.4 is 10.6 Å². The van der Waals surface area contributed by atoms with Gasteiger partial charge in [0, 0.05) is 31.0 Å². The van der Waals surface area contributed by atoms with Crippen molar-refractivity contribution in [1.82, 2.24) is 10.6 Å². The van der Waals surface area contributed by atoms with Crippen molar-refractivity contribution in [3.05, 3.63) is 60.8 Å². The van der Waals surface area contributed by atoms with Crippen LogP contribution in [-0.2, 0) is 9.53 Å². The second-order valence-corrected chi connectivity index (χ2v) is 9.94. The van der Waals surface area contributed by atoms with E-state index in [0.717, 1.165) is 56.5 Å². The van der Waals surface area contributed by atoms with Crippen LogP contribution in [0.5, 0.6) is 0 Å². The van der Waals surface area contributed by atoms with Crippen molar-refractivity contribution in [3.8, 4) is 0 Å². The third-order valence-corrected chi connectivity index (χ3v) is 6.66. The first kappa shape index (κ1) is 32.1. The Morgan fingerprint density at radius 2 is 1.21 bits per heavy atom. The Morgan fingerprint density at radius 1 is 0.706 bits per heavy atom. The fraction of sp³-hybridized carbons (Fsp3) is 0.556. The monoisotopic (exact) mass is 508 g/mol. The first-order valence-electron chi connectivity index (χ1n) is 12.4. The van der Waals surface area contributed by atoms with Crippen molar-refractivity contribution in [2.45, 2.75) is 65.2 Å². The highest BCUT2D eigenvalue weighted by Crippen LogP contribution is 2.19. The van der Waals surface area contributed by atoms with Gasteiger partial charge < -0.3 is 15.4 Å². The lowest BCUT2D eigenvalue weighted by Crippen LogP contribution is -2.26. The first-order chi connectivity index (χ1) is 16.7. The van der Waals surface area contributed by atoms with Crippen LogP contribution in [-0.4, -0.2) is 43.2 Å². The molecule has 0 aromatic carbocycles. The average Bonchev–Trinajstić information content (AvgIpc) is 2.83. The number of unbranched alkanes of at least 4 members (excludes halogenated alkanes) is 1. The summed E-state index contributed by atoms with van der Waals surface area (Å²) >= 11 is 0. The van der Waals surface area contributed by atoms with Crippen LogP contribution in [0.15, 0.2) is 60.8 Å². The fourth-order valence-electron chi connectivity index (χ4n) is 2.56. The van der Waals surface area contributed by atoms with Crippen molar-refractivity contribution in [2.24, 2.45) is 0 Å². The third-order valence-electron chi connectivity index (χ3n) is 4.25. The van der Waals surface area contributed by atoms with Crippen molar-refractivity contribution in [1.29, 1.82) is 0 Å². The van der Waals surface area contributed by atoms with Crippen LogP contribution in [0.1, 0.15) is 65.2 Å². The van der Waals surface area contributed by atoms with E-state index < -0.39 is 0 Å². The van der Waals surface area contributed by atoms with Gasteiger partial charge in [-0.25, -0.2) is 4.79 Å². The van der Waals surface area contributed by atoms with E-state index in [-0.39, 0.29) is 12.0 Å². The van der Waals surface area contributed by atoms with Crippen LogP contribution >= 0.6 is 21.6 Å². The lowest BCUT2D eigenvalue weighted by atomic mass is 10.2. The maximum absolute atomic E-state index is 11.8. The molecule has 0 aliphatic rings. The Bertz CT molecular complexity index is 644. The molecule has 0 saturated carbocycles. The zero-order valence-electron chi connectivity index (χ0n) is 21.0. The molecule has 2 amide bonds. The molecule has 7 heteroatoms. The Kier molecular flexibility index (Phi) is 25.9. The minimum absolute atomic E-state index is 0.113. The summed E-state index contributed by atoms with van der Waals surface area (Å²) in [6.07, 6.45) is 28.9. The molecule has 0 saturated heterocycles. The van der Waals surface area contributed by atoms with Gasteiger partial charge in [0.1, 0.15) is 0 Å². The van der Waals surface area contributed by atoms with Gasteiger partial charge in [0.05, 0.1) is 6.61 Å². The lowest BCUT2D eigenvalue weighted by molar-refractivity contribution is -0.121. The van der Waals surface area contributed by atoms with Crippen LogP contribution in [0.3, 0.4) is 0 Å². The van der Waals surface area contributed by atoms with Crippen LogP contribution in [0.2, 0.25) is 0 Å². The predicted molar refractivity (Wildman–Crippen MR) is 151 cm³/mol. The maximum atomic E-state index is 11.8. The molecule has 192 valence electrons. The molecule has 2 N–H and O–H groups in total. The number of carbonyl (C=O) groups is 2. The van der Waals surface area contributed by atoms with Gasteiger partial charge in [-0.05, 0) is 51.9 Å². The average molecular weight is 509 g/mol. The molecular formula is C27H44N2O3S2. The van der Waals surface area contributed by atoms with Crippen molar-refractivity contribution in [3.63, 3.8) is 0 Å². The Balaban J connectivity index is 3.46. The van der Waals surface area contributed by atoms with E-state index in [2.05, 4.69) is 78.3 Å². The molecule has 0 atom stereocenters. The first-order valence-corrected chi connectivity index (χ1v) is 14.9. The summed E-state index contributed by atoms with van der Waals surface area (Å²) in [5.74, 6) is 1.77. The Labute approximate surface area is 215 Å². The van der Waals surface area contributed by atoms with E-state index in [4.69, 9.17) is 4.74 Å². The van der Waals surface area contributed by atoms with E-state index in [1.54, 1.807) is 28.5 Å². The molecule has 0 aromatic heterocycles. The molecule has 0 rings (SSSR count). The van der Waals surface area contributed by atoms with Gasteiger partial charge in [0.2, 0.25) is 5.91 Å². The van der Waals surface area contributed by atoms with Crippen molar-refractivity contribution >= 4 is 33.6 Å². The Morgan fingerprint density at radius 3 is 1.74 bits per heavy atom. The van der Waals surface area contributed by atoms with Gasteiger partial charge >= 0.3 is 6.09 Å². The minimum atomic E-state index is -0.370. The van der Waals surface area contributed by atoms with Crippen LogP contribution in [0.25, 0.3) is 0 Å². The molecule has 0 heterocycles. The molecular weight excluding hydrogens is 464 g/mol. The van der Waals surface area contributed by atoms with Crippen LogP contribution in [0.4, 0.5) is 4.79 Å². The molecule has 34 heavy (non-hydrogen) atoms. The van der Waals surface area contributed by atoms with E-state index in [1.165, 1.54) is 0 Å². The molecule has 0 bridgehead atoms. The predicted octanol–water partition coefficient (Wildman–Crippen LogP) is 7.15. The summed E-state index contributed by atoms with van der Waals surface area (Å²) in [6.45, 7) is 5.57. The number of hydrogen-bond acceptors (Lipinski definition) is 5. The van der Waals surface area contributed by atoms with Crippen molar-refractivity contribution in [2.75, 3.05) is 31.2 Å². The van der Waals surface area contributed by atoms with Gasteiger partial charge in [-0.1, -0.05) is 89.3 Å². The van der Waals surface area contributed by atoms with Gasteiger partial charge in [-0.3, -0.25) is 4.79 Å². The summed E-state index contributed by atoms with van der Waals surface area (Å²) in [5, 5.41) is 5.63. The quantitative estimate of drug-likeness (QED) is 0.0979. The SMILES string of the molecule is CC/C=C\C/C=C\C/C=C\C/C=C\C/C=C\CCCC(=O)NCCSSCCNC(=O)OCC. The zero-order chi connectivity index (χ0) is 25.0. The minimum Gasteiger partial charge on any atom is -0.450 e. The lowest BCUT2D eigenvalue weighted by Gasteiger charge is -2.05.